The van der Waals surface area contributed by atoms with Gasteiger partial charge in [0, 0.05) is 24.3 Å². The Morgan fingerprint density at radius 3 is 2.35 bits per heavy atom. The zero-order valence-electron chi connectivity index (χ0n) is 21.7. The van der Waals surface area contributed by atoms with Crippen LogP contribution in [-0.4, -0.2) is 31.6 Å². The SMILES string of the molecule is CCOC(=O)c1ccc(CC(=O)NC(C)c2cc(OCc3ccccc3)ccc2N2CCCCC2)cc1. The maximum Gasteiger partial charge on any atom is 0.338 e. The number of anilines is 1. The molecule has 1 fully saturated rings. The van der Waals surface area contributed by atoms with E-state index >= 15 is 0 Å². The second-order valence-electron chi connectivity index (χ2n) is 9.43. The maximum atomic E-state index is 13.0. The molecule has 1 atom stereocenters. The molecule has 0 radical (unpaired) electrons. The molecule has 3 aromatic carbocycles. The van der Waals surface area contributed by atoms with Gasteiger partial charge in [-0.15, -0.1) is 0 Å². The van der Waals surface area contributed by atoms with Crippen molar-refractivity contribution in [2.75, 3.05) is 24.6 Å². The van der Waals surface area contributed by atoms with Crippen molar-refractivity contribution in [1.29, 1.82) is 0 Å². The first-order valence-corrected chi connectivity index (χ1v) is 13.1. The molecule has 6 nitrogen and oxygen atoms in total. The van der Waals surface area contributed by atoms with Crippen LogP contribution in [0.25, 0.3) is 0 Å². The fraction of sp³-hybridized carbons (Fsp3) is 0.355. The highest BCUT2D eigenvalue weighted by atomic mass is 16.5. The lowest BCUT2D eigenvalue weighted by Crippen LogP contribution is -2.33. The van der Waals surface area contributed by atoms with Crippen molar-refractivity contribution in [2.24, 2.45) is 0 Å². The first-order valence-electron chi connectivity index (χ1n) is 13.1. The average Bonchev–Trinajstić information content (AvgIpc) is 2.93. The first kappa shape index (κ1) is 26.3. The van der Waals surface area contributed by atoms with Crippen molar-refractivity contribution in [2.45, 2.75) is 52.2 Å². The molecule has 6 heteroatoms. The number of carbonyl (C=O) groups is 2. The molecule has 0 spiro atoms. The van der Waals surface area contributed by atoms with Crippen LogP contribution in [0.5, 0.6) is 5.75 Å². The fourth-order valence-electron chi connectivity index (χ4n) is 4.66. The van der Waals surface area contributed by atoms with Gasteiger partial charge < -0.3 is 19.7 Å². The summed E-state index contributed by atoms with van der Waals surface area (Å²) >= 11 is 0. The number of hydrogen-bond donors (Lipinski definition) is 1. The molecule has 1 N–H and O–H groups in total. The minimum Gasteiger partial charge on any atom is -0.489 e. The van der Waals surface area contributed by atoms with E-state index in [0.29, 0.717) is 18.8 Å². The van der Waals surface area contributed by atoms with Gasteiger partial charge in [0.25, 0.3) is 0 Å². The molecule has 4 rings (SSSR count). The normalized spacial score (nSPS) is 14.1. The van der Waals surface area contributed by atoms with Gasteiger partial charge in [-0.05, 0) is 74.6 Å². The van der Waals surface area contributed by atoms with Crippen molar-refractivity contribution < 1.29 is 19.1 Å². The topological polar surface area (TPSA) is 67.9 Å². The Morgan fingerprint density at radius 2 is 1.65 bits per heavy atom. The van der Waals surface area contributed by atoms with Crippen LogP contribution in [0.15, 0.2) is 72.8 Å². The zero-order valence-corrected chi connectivity index (χ0v) is 21.7. The molecule has 1 aliphatic rings. The molecular weight excluding hydrogens is 464 g/mol. The summed E-state index contributed by atoms with van der Waals surface area (Å²) in [5.41, 5.74) is 4.64. The third kappa shape index (κ3) is 7.35. The number of carbonyl (C=O) groups excluding carboxylic acids is 2. The Morgan fingerprint density at radius 1 is 0.919 bits per heavy atom. The summed E-state index contributed by atoms with van der Waals surface area (Å²) in [6.45, 7) is 6.66. The number of amides is 1. The fourth-order valence-corrected chi connectivity index (χ4v) is 4.66. The highest BCUT2D eigenvalue weighted by molar-refractivity contribution is 5.89. The van der Waals surface area contributed by atoms with Crippen LogP contribution in [0.4, 0.5) is 5.69 Å². The van der Waals surface area contributed by atoms with Gasteiger partial charge >= 0.3 is 5.97 Å². The molecule has 1 aliphatic heterocycles. The molecule has 37 heavy (non-hydrogen) atoms. The average molecular weight is 501 g/mol. The molecule has 1 amide bonds. The predicted octanol–water partition coefficient (Wildman–Crippen LogP) is 5.85. The van der Waals surface area contributed by atoms with E-state index in [0.717, 1.165) is 41.2 Å². The summed E-state index contributed by atoms with van der Waals surface area (Å²) < 4.78 is 11.1. The lowest BCUT2D eigenvalue weighted by molar-refractivity contribution is -0.121. The number of nitrogens with zero attached hydrogens (tertiary/aromatic N) is 1. The van der Waals surface area contributed by atoms with Gasteiger partial charge in [-0.3, -0.25) is 4.79 Å². The van der Waals surface area contributed by atoms with Crippen LogP contribution in [-0.2, 0) is 22.6 Å². The Hall–Kier alpha value is -3.80. The van der Waals surface area contributed by atoms with Gasteiger partial charge in [-0.25, -0.2) is 4.79 Å². The quantitative estimate of drug-likeness (QED) is 0.354. The van der Waals surface area contributed by atoms with Crippen molar-refractivity contribution >= 4 is 17.6 Å². The molecular formula is C31H36N2O4. The van der Waals surface area contributed by atoms with Crippen LogP contribution >= 0.6 is 0 Å². The minimum atomic E-state index is -0.355. The highest BCUT2D eigenvalue weighted by Crippen LogP contribution is 2.32. The summed E-state index contributed by atoms with van der Waals surface area (Å²) in [5.74, 6) is 0.360. The van der Waals surface area contributed by atoms with E-state index in [-0.39, 0.29) is 24.3 Å². The van der Waals surface area contributed by atoms with E-state index < -0.39 is 0 Å². The molecule has 0 aliphatic carbocycles. The van der Waals surface area contributed by atoms with Gasteiger partial charge in [-0.2, -0.15) is 0 Å². The van der Waals surface area contributed by atoms with Gasteiger partial charge in [0.05, 0.1) is 24.6 Å². The van der Waals surface area contributed by atoms with E-state index in [2.05, 4.69) is 22.3 Å². The first-order chi connectivity index (χ1) is 18.0. The Kier molecular flexibility index (Phi) is 9.19. The number of ether oxygens (including phenoxy) is 2. The summed E-state index contributed by atoms with van der Waals surface area (Å²) in [7, 11) is 0. The van der Waals surface area contributed by atoms with Crippen molar-refractivity contribution in [1.82, 2.24) is 5.32 Å². The second-order valence-corrected chi connectivity index (χ2v) is 9.43. The Balaban J connectivity index is 1.46. The van der Waals surface area contributed by atoms with Crippen LogP contribution < -0.4 is 15.0 Å². The van der Waals surface area contributed by atoms with Crippen LogP contribution in [0.1, 0.15) is 66.2 Å². The molecule has 0 saturated carbocycles. The van der Waals surface area contributed by atoms with Gasteiger partial charge in [0.1, 0.15) is 12.4 Å². The van der Waals surface area contributed by atoms with Crippen molar-refractivity contribution in [3.8, 4) is 5.75 Å². The monoisotopic (exact) mass is 500 g/mol. The number of benzene rings is 3. The standard InChI is InChI=1S/C31H36N2O4/c1-3-36-31(35)26-14-12-24(13-15-26)20-30(34)32-23(2)28-21-27(37-22-25-10-6-4-7-11-25)16-17-29(28)33-18-8-5-9-19-33/h4,6-7,10-17,21,23H,3,5,8-9,18-20,22H2,1-2H3,(H,32,34). The maximum absolute atomic E-state index is 13.0. The van der Waals surface area contributed by atoms with Crippen LogP contribution in [0, 0.1) is 0 Å². The van der Waals surface area contributed by atoms with Gasteiger partial charge in [0.2, 0.25) is 5.91 Å². The lowest BCUT2D eigenvalue weighted by Gasteiger charge is -2.32. The number of rotatable bonds is 10. The molecule has 1 saturated heterocycles. The Labute approximate surface area is 219 Å². The zero-order chi connectivity index (χ0) is 26.0. The van der Waals surface area contributed by atoms with E-state index in [1.54, 1.807) is 31.2 Å². The number of nitrogens with one attached hydrogen (secondary N) is 1. The molecule has 3 aromatic rings. The van der Waals surface area contributed by atoms with E-state index in [4.69, 9.17) is 9.47 Å². The molecule has 0 aromatic heterocycles. The number of hydrogen-bond acceptors (Lipinski definition) is 5. The van der Waals surface area contributed by atoms with E-state index in [1.807, 2.05) is 43.3 Å². The minimum absolute atomic E-state index is 0.0726. The molecule has 1 unspecified atom stereocenters. The molecule has 1 heterocycles. The lowest BCUT2D eigenvalue weighted by atomic mass is 10.0. The summed E-state index contributed by atoms with van der Waals surface area (Å²) in [5, 5.41) is 3.17. The van der Waals surface area contributed by atoms with Crippen LogP contribution in [0.3, 0.4) is 0 Å². The van der Waals surface area contributed by atoms with Gasteiger partial charge in [0.15, 0.2) is 0 Å². The second kappa shape index (κ2) is 12.9. The largest absolute Gasteiger partial charge is 0.489 e. The van der Waals surface area contributed by atoms with Crippen LogP contribution in [0.2, 0.25) is 0 Å². The smallest absolute Gasteiger partial charge is 0.338 e. The summed E-state index contributed by atoms with van der Waals surface area (Å²) in [6.07, 6.45) is 3.84. The highest BCUT2D eigenvalue weighted by Gasteiger charge is 2.20. The number of esters is 1. The van der Waals surface area contributed by atoms with Crippen molar-refractivity contribution in [3.05, 3.63) is 95.1 Å². The van der Waals surface area contributed by atoms with E-state index in [9.17, 15) is 9.59 Å². The van der Waals surface area contributed by atoms with E-state index in [1.165, 1.54) is 19.3 Å². The molecule has 194 valence electrons. The Bertz CT molecular complexity index is 1170. The number of piperidine rings is 1. The molecule has 0 bridgehead atoms. The summed E-state index contributed by atoms with van der Waals surface area (Å²) in [4.78, 5) is 27.2. The third-order valence-electron chi connectivity index (χ3n) is 6.62. The summed E-state index contributed by atoms with van der Waals surface area (Å²) in [6, 6.07) is 23.1. The van der Waals surface area contributed by atoms with Crippen molar-refractivity contribution in [3.63, 3.8) is 0 Å². The van der Waals surface area contributed by atoms with Gasteiger partial charge in [-0.1, -0.05) is 42.5 Å². The predicted molar refractivity (Wildman–Crippen MR) is 146 cm³/mol. The third-order valence-corrected chi connectivity index (χ3v) is 6.62.